The maximum atomic E-state index is 3.65. The SMILES string of the molecule is C1=c2ccc([nH]2)=Cc2ccc([nH]2)C(c2cccc3ccccc23)=c2ccc([nH]2)=Cc2ccc1[nH]2. The van der Waals surface area contributed by atoms with Crippen molar-refractivity contribution in [3.63, 3.8) is 0 Å². The van der Waals surface area contributed by atoms with E-state index in [0.717, 1.165) is 49.7 Å². The van der Waals surface area contributed by atoms with Gasteiger partial charge in [0, 0.05) is 49.7 Å². The Labute approximate surface area is 195 Å². The highest BCUT2D eigenvalue weighted by Crippen LogP contribution is 2.28. The van der Waals surface area contributed by atoms with E-state index in [4.69, 9.17) is 0 Å². The number of rotatable bonds is 1. The molecule has 4 N–H and O–H groups in total. The maximum absolute atomic E-state index is 3.65. The summed E-state index contributed by atoms with van der Waals surface area (Å²) in [6, 6.07) is 32.1. The van der Waals surface area contributed by atoms with Gasteiger partial charge in [0.2, 0.25) is 0 Å². The third kappa shape index (κ3) is 3.24. The predicted octanol–water partition coefficient (Wildman–Crippen LogP) is 3.20. The van der Waals surface area contributed by atoms with Crippen LogP contribution in [0.15, 0.2) is 91.0 Å². The van der Waals surface area contributed by atoms with Gasteiger partial charge in [0.1, 0.15) is 0 Å². The van der Waals surface area contributed by atoms with Crippen molar-refractivity contribution in [1.29, 1.82) is 0 Å². The zero-order valence-corrected chi connectivity index (χ0v) is 18.4. The Hall–Kier alpha value is -4.70. The zero-order chi connectivity index (χ0) is 22.5. The molecule has 0 amide bonds. The topological polar surface area (TPSA) is 63.2 Å². The zero-order valence-electron chi connectivity index (χ0n) is 18.4. The average molecular weight is 439 g/mol. The number of benzene rings is 2. The summed E-state index contributed by atoms with van der Waals surface area (Å²) in [5.74, 6) is 0. The normalized spacial score (nSPS) is 12.8. The summed E-state index contributed by atoms with van der Waals surface area (Å²) < 4.78 is 0. The fraction of sp³-hybridized carbons (Fsp3) is 0. The number of aromatic nitrogens is 4. The van der Waals surface area contributed by atoms with Gasteiger partial charge in [-0.3, -0.25) is 0 Å². The smallest absolute Gasteiger partial charge is 0.0486 e. The molecule has 8 bridgehead atoms. The molecule has 0 saturated heterocycles. The van der Waals surface area contributed by atoms with Crippen LogP contribution in [-0.2, 0) is 0 Å². The van der Waals surface area contributed by atoms with Crippen LogP contribution < -0.4 is 21.4 Å². The van der Waals surface area contributed by atoms with Crippen LogP contribution in [0.25, 0.3) is 34.6 Å². The molecule has 0 radical (unpaired) electrons. The number of H-pyrrole nitrogens is 4. The first-order chi connectivity index (χ1) is 16.8. The van der Waals surface area contributed by atoms with Crippen LogP contribution in [0.4, 0.5) is 0 Å². The second kappa shape index (κ2) is 7.42. The number of hydrogen-bond donors (Lipinski definition) is 4. The predicted molar refractivity (Wildman–Crippen MR) is 138 cm³/mol. The minimum absolute atomic E-state index is 1.05. The van der Waals surface area contributed by atoms with Gasteiger partial charge in [-0.15, -0.1) is 0 Å². The van der Waals surface area contributed by atoms with Crippen LogP contribution in [-0.4, -0.2) is 19.9 Å². The lowest BCUT2D eigenvalue weighted by atomic mass is 9.96. The van der Waals surface area contributed by atoms with Gasteiger partial charge in [-0.2, -0.15) is 0 Å². The molecular formula is C30H22N4. The van der Waals surface area contributed by atoms with Crippen molar-refractivity contribution in [3.8, 4) is 0 Å². The lowest BCUT2D eigenvalue weighted by Crippen LogP contribution is -2.15. The number of hydrogen-bond acceptors (Lipinski definition) is 0. The fourth-order valence-electron chi connectivity index (χ4n) is 4.86. The van der Waals surface area contributed by atoms with Gasteiger partial charge in [-0.25, -0.2) is 0 Å². The summed E-state index contributed by atoms with van der Waals surface area (Å²) in [5.41, 5.74) is 6.58. The van der Waals surface area contributed by atoms with E-state index in [1.54, 1.807) is 0 Å². The molecule has 0 unspecified atom stereocenters. The van der Waals surface area contributed by atoms with E-state index in [0.29, 0.717) is 0 Å². The first-order valence-corrected chi connectivity index (χ1v) is 11.4. The van der Waals surface area contributed by atoms with Gasteiger partial charge in [-0.05, 0) is 83.1 Å². The molecule has 0 fully saturated rings. The molecule has 4 heteroatoms. The number of nitrogens with one attached hydrogen (secondary N) is 4. The van der Waals surface area contributed by atoms with Crippen LogP contribution >= 0.6 is 0 Å². The fourth-order valence-corrected chi connectivity index (χ4v) is 4.86. The molecule has 0 atom stereocenters. The highest BCUT2D eigenvalue weighted by Gasteiger charge is 2.13. The van der Waals surface area contributed by atoms with Crippen molar-refractivity contribution in [2.45, 2.75) is 0 Å². The highest BCUT2D eigenvalue weighted by molar-refractivity contribution is 5.97. The van der Waals surface area contributed by atoms with Gasteiger partial charge in [0.15, 0.2) is 0 Å². The van der Waals surface area contributed by atoms with E-state index in [-0.39, 0.29) is 0 Å². The van der Waals surface area contributed by atoms with E-state index >= 15 is 0 Å². The first-order valence-electron chi connectivity index (χ1n) is 11.4. The molecule has 4 nitrogen and oxygen atoms in total. The Morgan fingerprint density at radius 1 is 0.441 bits per heavy atom. The van der Waals surface area contributed by atoms with E-state index in [1.165, 1.54) is 16.3 Å². The van der Waals surface area contributed by atoms with E-state index < -0.39 is 0 Å². The molecule has 0 spiro atoms. The summed E-state index contributed by atoms with van der Waals surface area (Å²) in [6.07, 6.45) is 6.40. The molecule has 0 aliphatic carbocycles. The van der Waals surface area contributed by atoms with Crippen molar-refractivity contribution >= 4 is 34.6 Å². The van der Waals surface area contributed by atoms with Crippen molar-refractivity contribution in [3.05, 3.63) is 141 Å². The Morgan fingerprint density at radius 2 is 1.09 bits per heavy atom. The van der Waals surface area contributed by atoms with Crippen LogP contribution in [0.1, 0.15) is 28.3 Å². The Balaban J connectivity index is 1.57. The van der Waals surface area contributed by atoms with Crippen molar-refractivity contribution in [2.75, 3.05) is 0 Å². The summed E-state index contributed by atoms with van der Waals surface area (Å²) in [6.45, 7) is 0. The van der Waals surface area contributed by atoms with Crippen LogP contribution in [0, 0.1) is 0 Å². The Morgan fingerprint density at radius 3 is 1.91 bits per heavy atom. The molecule has 5 heterocycles. The molecule has 4 aromatic heterocycles. The second-order valence-electron chi connectivity index (χ2n) is 8.73. The maximum Gasteiger partial charge on any atom is 0.0486 e. The molecule has 1 aliphatic rings. The number of aromatic amines is 4. The van der Waals surface area contributed by atoms with Gasteiger partial charge in [-0.1, -0.05) is 42.5 Å². The largest absolute Gasteiger partial charge is 0.355 e. The summed E-state index contributed by atoms with van der Waals surface area (Å²) in [4.78, 5) is 14.3. The first kappa shape index (κ1) is 18.8. The quantitative estimate of drug-likeness (QED) is 0.304. The standard InChI is InChI=1S/C30H22N4/c1-2-6-26-19(4-1)5-3-7-27(26)30-28-14-12-24(33-28)17-22-10-8-20(31-22)16-21-9-11-23(32-21)18-25-13-15-29(30)34-25/h1-18,31-34H. The Bertz CT molecular complexity index is 1920. The van der Waals surface area contributed by atoms with Crippen molar-refractivity contribution in [1.82, 2.24) is 19.9 Å². The molecular weight excluding hydrogens is 416 g/mol. The highest BCUT2D eigenvalue weighted by atomic mass is 14.8. The van der Waals surface area contributed by atoms with Gasteiger partial charge >= 0.3 is 0 Å². The van der Waals surface area contributed by atoms with E-state index in [1.807, 2.05) is 0 Å². The van der Waals surface area contributed by atoms with Crippen LogP contribution in [0.2, 0.25) is 0 Å². The second-order valence-corrected chi connectivity index (χ2v) is 8.73. The molecule has 0 saturated carbocycles. The summed E-state index contributed by atoms with van der Waals surface area (Å²) in [7, 11) is 0. The molecule has 34 heavy (non-hydrogen) atoms. The Kier molecular flexibility index (Phi) is 4.11. The van der Waals surface area contributed by atoms with Crippen molar-refractivity contribution < 1.29 is 0 Å². The minimum Gasteiger partial charge on any atom is -0.355 e. The average Bonchev–Trinajstić information content (AvgIpc) is 3.65. The lowest BCUT2D eigenvalue weighted by Gasteiger charge is -2.10. The summed E-state index contributed by atoms with van der Waals surface area (Å²) >= 11 is 0. The molecule has 2 aromatic carbocycles. The van der Waals surface area contributed by atoms with Crippen molar-refractivity contribution in [2.24, 2.45) is 0 Å². The molecule has 162 valence electrons. The molecule has 6 aromatic rings. The van der Waals surface area contributed by atoms with Crippen LogP contribution in [0.3, 0.4) is 0 Å². The van der Waals surface area contributed by atoms with Crippen LogP contribution in [0.5, 0.6) is 0 Å². The third-order valence-electron chi connectivity index (χ3n) is 6.41. The van der Waals surface area contributed by atoms with Gasteiger partial charge in [0.25, 0.3) is 0 Å². The molecule has 1 aliphatic heterocycles. The molecule has 7 rings (SSSR count). The van der Waals surface area contributed by atoms with Gasteiger partial charge in [0.05, 0.1) is 0 Å². The third-order valence-corrected chi connectivity index (χ3v) is 6.41. The monoisotopic (exact) mass is 438 g/mol. The minimum atomic E-state index is 1.05. The summed E-state index contributed by atoms with van der Waals surface area (Å²) in [5, 5.41) is 6.69. The number of fused-ring (bicyclic) bond motifs is 9. The lowest BCUT2D eigenvalue weighted by molar-refractivity contribution is 1.22. The van der Waals surface area contributed by atoms with E-state index in [2.05, 4.69) is 129 Å². The van der Waals surface area contributed by atoms with Gasteiger partial charge < -0.3 is 19.9 Å². The van der Waals surface area contributed by atoms with E-state index in [9.17, 15) is 0 Å².